The van der Waals surface area contributed by atoms with Crippen molar-refractivity contribution < 1.29 is 4.39 Å². The largest absolute Gasteiger partial charge is 0.241 e. The topological polar surface area (TPSA) is 12.9 Å². The molecule has 3 aromatic rings. The average Bonchev–Trinajstić information content (AvgIpc) is 2.89. The number of hydrogen-bond donors (Lipinski definition) is 0. The summed E-state index contributed by atoms with van der Waals surface area (Å²) in [7, 11) is 0. The number of nitrogens with zero attached hydrogens (tertiary/aromatic N) is 1. The highest BCUT2D eigenvalue weighted by Gasteiger charge is 2.15. The van der Waals surface area contributed by atoms with E-state index >= 15 is 0 Å². The zero-order chi connectivity index (χ0) is 14.8. The van der Waals surface area contributed by atoms with Crippen molar-refractivity contribution in [3.8, 4) is 21.7 Å². The van der Waals surface area contributed by atoms with Crippen molar-refractivity contribution in [3.05, 3.63) is 59.4 Å². The molecule has 3 rings (SSSR count). The first kappa shape index (κ1) is 14.3. The van der Waals surface area contributed by atoms with Gasteiger partial charge < -0.3 is 0 Å². The molecule has 1 aromatic heterocycles. The molecule has 0 amide bonds. The number of aromatic nitrogens is 1. The lowest BCUT2D eigenvalue weighted by atomic mass is 10.1. The van der Waals surface area contributed by atoms with Crippen LogP contribution in [-0.2, 0) is 0 Å². The van der Waals surface area contributed by atoms with Gasteiger partial charge in [-0.05, 0) is 43.5 Å². The molecular formula is C17H14FNS2. The molecule has 0 saturated carbocycles. The van der Waals surface area contributed by atoms with E-state index in [1.807, 2.05) is 19.1 Å². The predicted octanol–water partition coefficient (Wildman–Crippen LogP) is 5.65. The molecule has 0 N–H and O–H groups in total. The minimum absolute atomic E-state index is 0.225. The normalized spacial score (nSPS) is 10.8. The van der Waals surface area contributed by atoms with Crippen LogP contribution in [0.4, 0.5) is 4.39 Å². The Morgan fingerprint density at radius 3 is 2.48 bits per heavy atom. The molecule has 0 aliphatic carbocycles. The van der Waals surface area contributed by atoms with Crippen LogP contribution in [0.25, 0.3) is 21.7 Å². The quantitative estimate of drug-likeness (QED) is 0.580. The van der Waals surface area contributed by atoms with Crippen molar-refractivity contribution in [2.24, 2.45) is 0 Å². The molecule has 0 aliphatic heterocycles. The third-order valence-corrected chi connectivity index (χ3v) is 5.00. The summed E-state index contributed by atoms with van der Waals surface area (Å²) in [5.41, 5.74) is 3.07. The van der Waals surface area contributed by atoms with Gasteiger partial charge in [-0.1, -0.05) is 18.2 Å². The van der Waals surface area contributed by atoms with Gasteiger partial charge in [0, 0.05) is 16.0 Å². The predicted molar refractivity (Wildman–Crippen MR) is 89.5 cm³/mol. The van der Waals surface area contributed by atoms with Gasteiger partial charge in [-0.2, -0.15) is 0 Å². The second kappa shape index (κ2) is 6.00. The van der Waals surface area contributed by atoms with Crippen LogP contribution in [0.15, 0.2) is 53.4 Å². The Hall–Kier alpha value is -1.65. The number of rotatable bonds is 3. The van der Waals surface area contributed by atoms with Crippen LogP contribution in [-0.4, -0.2) is 11.2 Å². The molecule has 0 saturated heterocycles. The number of benzene rings is 2. The van der Waals surface area contributed by atoms with E-state index in [0.717, 1.165) is 21.1 Å². The Morgan fingerprint density at radius 1 is 1.05 bits per heavy atom. The Morgan fingerprint density at radius 2 is 1.76 bits per heavy atom. The summed E-state index contributed by atoms with van der Waals surface area (Å²) in [5, 5.41) is 1.01. The SMILES string of the molecule is CSc1ccccc1-c1sc(C)nc1-c1ccc(F)cc1. The highest BCUT2D eigenvalue weighted by atomic mass is 32.2. The maximum absolute atomic E-state index is 13.1. The van der Waals surface area contributed by atoms with E-state index in [-0.39, 0.29) is 5.82 Å². The smallest absolute Gasteiger partial charge is 0.123 e. The molecule has 1 heterocycles. The van der Waals surface area contributed by atoms with Crippen molar-refractivity contribution in [1.29, 1.82) is 0 Å². The van der Waals surface area contributed by atoms with Crippen LogP contribution in [0.1, 0.15) is 5.01 Å². The number of thiazole rings is 1. The minimum atomic E-state index is -0.225. The van der Waals surface area contributed by atoms with Crippen LogP contribution < -0.4 is 0 Å². The van der Waals surface area contributed by atoms with Gasteiger partial charge in [-0.15, -0.1) is 23.1 Å². The molecule has 21 heavy (non-hydrogen) atoms. The number of halogens is 1. The third-order valence-electron chi connectivity index (χ3n) is 3.20. The summed E-state index contributed by atoms with van der Waals surface area (Å²) in [6.45, 7) is 2.00. The first-order chi connectivity index (χ1) is 10.2. The molecule has 0 aliphatic rings. The fourth-order valence-electron chi connectivity index (χ4n) is 2.25. The maximum atomic E-state index is 13.1. The van der Waals surface area contributed by atoms with E-state index in [0.29, 0.717) is 0 Å². The highest BCUT2D eigenvalue weighted by Crippen LogP contribution is 2.40. The first-order valence-corrected chi connectivity index (χ1v) is 8.60. The van der Waals surface area contributed by atoms with Crippen LogP contribution >= 0.6 is 23.1 Å². The summed E-state index contributed by atoms with van der Waals surface area (Å²) >= 11 is 3.40. The van der Waals surface area contributed by atoms with Crippen LogP contribution in [0.2, 0.25) is 0 Å². The summed E-state index contributed by atoms with van der Waals surface area (Å²) in [5.74, 6) is -0.225. The summed E-state index contributed by atoms with van der Waals surface area (Å²) in [6, 6.07) is 14.8. The molecule has 0 radical (unpaired) electrons. The molecule has 0 atom stereocenters. The Labute approximate surface area is 131 Å². The van der Waals surface area contributed by atoms with Gasteiger partial charge in [0.15, 0.2) is 0 Å². The molecular weight excluding hydrogens is 301 g/mol. The van der Waals surface area contributed by atoms with Crippen LogP contribution in [0.3, 0.4) is 0 Å². The molecule has 0 unspecified atom stereocenters. The third kappa shape index (κ3) is 2.87. The maximum Gasteiger partial charge on any atom is 0.123 e. The zero-order valence-corrected chi connectivity index (χ0v) is 13.4. The van der Waals surface area contributed by atoms with E-state index < -0.39 is 0 Å². The van der Waals surface area contributed by atoms with Gasteiger partial charge in [0.1, 0.15) is 5.82 Å². The van der Waals surface area contributed by atoms with Crippen LogP contribution in [0, 0.1) is 12.7 Å². The fraction of sp³-hybridized carbons (Fsp3) is 0.118. The fourth-order valence-corrected chi connectivity index (χ4v) is 3.89. The summed E-state index contributed by atoms with van der Waals surface area (Å²) in [6.07, 6.45) is 2.07. The Kier molecular flexibility index (Phi) is 4.08. The van der Waals surface area contributed by atoms with Crippen molar-refractivity contribution in [2.75, 3.05) is 6.26 Å². The lowest BCUT2D eigenvalue weighted by Crippen LogP contribution is -1.85. The number of hydrogen-bond acceptors (Lipinski definition) is 3. The lowest BCUT2D eigenvalue weighted by molar-refractivity contribution is 0.628. The Balaban J connectivity index is 2.18. The first-order valence-electron chi connectivity index (χ1n) is 6.56. The van der Waals surface area contributed by atoms with Crippen molar-refractivity contribution >= 4 is 23.1 Å². The lowest BCUT2D eigenvalue weighted by Gasteiger charge is -2.07. The molecule has 106 valence electrons. The second-order valence-corrected chi connectivity index (χ2v) is 6.67. The monoisotopic (exact) mass is 315 g/mol. The van der Waals surface area contributed by atoms with E-state index in [1.54, 1.807) is 35.2 Å². The van der Waals surface area contributed by atoms with Crippen LogP contribution in [0.5, 0.6) is 0 Å². The van der Waals surface area contributed by atoms with E-state index in [9.17, 15) is 4.39 Å². The summed E-state index contributed by atoms with van der Waals surface area (Å²) < 4.78 is 13.1. The second-order valence-electron chi connectivity index (χ2n) is 4.62. The molecule has 1 nitrogen and oxygen atoms in total. The van der Waals surface area contributed by atoms with Crippen molar-refractivity contribution in [3.63, 3.8) is 0 Å². The molecule has 4 heteroatoms. The number of thioether (sulfide) groups is 1. The standard InChI is InChI=1S/C17H14FNS2/c1-11-19-16(12-7-9-13(18)10-8-12)17(21-11)14-5-3-4-6-15(14)20-2/h3-10H,1-2H3. The van der Waals surface area contributed by atoms with Crippen molar-refractivity contribution in [2.45, 2.75) is 11.8 Å². The zero-order valence-electron chi connectivity index (χ0n) is 11.8. The van der Waals surface area contributed by atoms with Gasteiger partial charge in [0.2, 0.25) is 0 Å². The van der Waals surface area contributed by atoms with E-state index in [1.165, 1.54) is 22.6 Å². The van der Waals surface area contributed by atoms with E-state index in [4.69, 9.17) is 0 Å². The van der Waals surface area contributed by atoms with Gasteiger partial charge in [-0.3, -0.25) is 0 Å². The van der Waals surface area contributed by atoms with Crippen molar-refractivity contribution in [1.82, 2.24) is 4.98 Å². The van der Waals surface area contributed by atoms with Gasteiger partial charge >= 0.3 is 0 Å². The molecule has 0 bridgehead atoms. The minimum Gasteiger partial charge on any atom is -0.241 e. The summed E-state index contributed by atoms with van der Waals surface area (Å²) in [4.78, 5) is 7.02. The molecule has 0 fully saturated rings. The van der Waals surface area contributed by atoms with Gasteiger partial charge in [0.25, 0.3) is 0 Å². The number of aryl methyl sites for hydroxylation is 1. The average molecular weight is 315 g/mol. The van der Waals surface area contributed by atoms with E-state index in [2.05, 4.69) is 23.4 Å². The Bertz CT molecular complexity index is 763. The molecule has 2 aromatic carbocycles. The highest BCUT2D eigenvalue weighted by molar-refractivity contribution is 7.98. The van der Waals surface area contributed by atoms with Gasteiger partial charge in [-0.25, -0.2) is 9.37 Å². The molecule has 0 spiro atoms. The van der Waals surface area contributed by atoms with Gasteiger partial charge in [0.05, 0.1) is 15.6 Å².